The molecule has 2 aliphatic heterocycles. The molecule has 2 aromatic rings. The molecule has 0 amide bonds. The Balaban J connectivity index is 1.38. The van der Waals surface area contributed by atoms with Gasteiger partial charge in [-0.2, -0.15) is 10.1 Å². The van der Waals surface area contributed by atoms with E-state index in [9.17, 15) is 0 Å². The summed E-state index contributed by atoms with van der Waals surface area (Å²) in [4.78, 5) is 14.3. The second-order valence-electron chi connectivity index (χ2n) is 8.36. The molecule has 2 fully saturated rings. The summed E-state index contributed by atoms with van der Waals surface area (Å²) in [5, 5.41) is 11.3. The van der Waals surface area contributed by atoms with E-state index in [-0.39, 0.29) is 0 Å². The molecule has 4 heterocycles. The molecule has 2 aromatic heterocycles. The van der Waals surface area contributed by atoms with E-state index in [1.165, 1.54) is 24.1 Å². The highest BCUT2D eigenvalue weighted by Crippen LogP contribution is 2.25. The third-order valence-electron chi connectivity index (χ3n) is 6.14. The van der Waals surface area contributed by atoms with Gasteiger partial charge in [0.1, 0.15) is 5.82 Å². The molecule has 0 aromatic carbocycles. The Kier molecular flexibility index (Phi) is 5.53. The lowest BCUT2D eigenvalue weighted by atomic mass is 10.0. The second-order valence-corrected chi connectivity index (χ2v) is 8.36. The molecular weight excluding hydrogens is 350 g/mol. The van der Waals surface area contributed by atoms with Crippen LogP contribution in [0.5, 0.6) is 0 Å². The van der Waals surface area contributed by atoms with Crippen LogP contribution in [-0.2, 0) is 0 Å². The Morgan fingerprint density at radius 1 is 1.04 bits per heavy atom. The lowest BCUT2D eigenvalue weighted by Crippen LogP contribution is -2.43. The molecule has 7 heteroatoms. The van der Waals surface area contributed by atoms with Gasteiger partial charge >= 0.3 is 0 Å². The van der Waals surface area contributed by atoms with Crippen molar-refractivity contribution in [1.82, 2.24) is 25.5 Å². The van der Waals surface area contributed by atoms with Gasteiger partial charge in [-0.25, -0.2) is 4.98 Å². The second kappa shape index (κ2) is 8.07. The van der Waals surface area contributed by atoms with E-state index in [2.05, 4.69) is 64.1 Å². The molecule has 0 aliphatic carbocycles. The van der Waals surface area contributed by atoms with Gasteiger partial charge in [0, 0.05) is 61.3 Å². The fourth-order valence-corrected chi connectivity index (χ4v) is 4.67. The number of hydrogen-bond acceptors (Lipinski definition) is 6. The van der Waals surface area contributed by atoms with Gasteiger partial charge in [0.2, 0.25) is 5.95 Å². The number of H-pyrrole nitrogens is 1. The first-order chi connectivity index (χ1) is 13.5. The molecule has 0 saturated carbocycles. The maximum absolute atomic E-state index is 4.90. The first-order valence-electron chi connectivity index (χ1n) is 10.6. The Morgan fingerprint density at radius 3 is 2.39 bits per heavy atom. The standard InChI is InChI=1S/C21H33N7/c1-14-13-19(24-21(22-14)28-9-5-6-10-28)27-11-7-18(8-12-27)23-15(2)20-16(3)25-26-17(20)4/h13,15,18,23H,5-12H2,1-4H3,(H,25,26). The molecule has 28 heavy (non-hydrogen) atoms. The van der Waals surface area contributed by atoms with E-state index in [1.807, 2.05) is 0 Å². The van der Waals surface area contributed by atoms with Crippen LogP contribution in [0.2, 0.25) is 0 Å². The van der Waals surface area contributed by atoms with Crippen LogP contribution in [0.4, 0.5) is 11.8 Å². The first-order valence-corrected chi connectivity index (χ1v) is 10.6. The van der Waals surface area contributed by atoms with Crippen molar-refractivity contribution in [1.29, 1.82) is 0 Å². The number of hydrogen-bond donors (Lipinski definition) is 2. The lowest BCUT2D eigenvalue weighted by molar-refractivity contribution is 0.379. The Morgan fingerprint density at radius 2 is 1.75 bits per heavy atom. The number of piperidine rings is 1. The van der Waals surface area contributed by atoms with Crippen LogP contribution in [0, 0.1) is 20.8 Å². The zero-order valence-corrected chi connectivity index (χ0v) is 17.6. The predicted molar refractivity (Wildman–Crippen MR) is 113 cm³/mol. The summed E-state index contributed by atoms with van der Waals surface area (Å²) in [7, 11) is 0. The van der Waals surface area contributed by atoms with Gasteiger partial charge in [-0.15, -0.1) is 0 Å². The summed E-state index contributed by atoms with van der Waals surface area (Å²) < 4.78 is 0. The van der Waals surface area contributed by atoms with E-state index in [4.69, 9.17) is 4.98 Å². The van der Waals surface area contributed by atoms with Crippen molar-refractivity contribution in [2.24, 2.45) is 0 Å². The smallest absolute Gasteiger partial charge is 0.227 e. The summed E-state index contributed by atoms with van der Waals surface area (Å²) in [5.74, 6) is 2.00. The third-order valence-corrected chi connectivity index (χ3v) is 6.14. The summed E-state index contributed by atoms with van der Waals surface area (Å²) in [5.41, 5.74) is 4.64. The molecule has 1 atom stereocenters. The molecule has 1 unspecified atom stereocenters. The summed E-state index contributed by atoms with van der Waals surface area (Å²) in [6.07, 6.45) is 4.75. The molecule has 152 valence electrons. The van der Waals surface area contributed by atoms with Gasteiger partial charge in [0.25, 0.3) is 0 Å². The first kappa shape index (κ1) is 19.2. The van der Waals surface area contributed by atoms with Gasteiger partial charge in [0.05, 0.1) is 5.69 Å². The highest BCUT2D eigenvalue weighted by molar-refractivity contribution is 5.46. The van der Waals surface area contributed by atoms with Gasteiger partial charge in [-0.1, -0.05) is 0 Å². The van der Waals surface area contributed by atoms with Crippen molar-refractivity contribution in [3.63, 3.8) is 0 Å². The molecular formula is C21H33N7. The van der Waals surface area contributed by atoms with Crippen molar-refractivity contribution in [2.75, 3.05) is 36.0 Å². The normalized spacial score (nSPS) is 19.4. The average molecular weight is 384 g/mol. The van der Waals surface area contributed by atoms with E-state index < -0.39 is 0 Å². The van der Waals surface area contributed by atoms with Crippen molar-refractivity contribution < 1.29 is 0 Å². The monoisotopic (exact) mass is 383 g/mol. The van der Waals surface area contributed by atoms with Crippen LogP contribution in [0.25, 0.3) is 0 Å². The fraction of sp³-hybridized carbons (Fsp3) is 0.667. The Labute approximate surface area is 167 Å². The Bertz CT molecular complexity index is 782. The highest BCUT2D eigenvalue weighted by Gasteiger charge is 2.25. The highest BCUT2D eigenvalue weighted by atomic mass is 15.3. The Hall–Kier alpha value is -2.15. The molecule has 4 rings (SSSR count). The third kappa shape index (κ3) is 3.99. The minimum absolute atomic E-state index is 0.318. The quantitative estimate of drug-likeness (QED) is 0.827. The van der Waals surface area contributed by atoms with E-state index in [0.717, 1.165) is 62.2 Å². The van der Waals surface area contributed by atoms with Gasteiger partial charge in [-0.3, -0.25) is 5.10 Å². The summed E-state index contributed by atoms with van der Waals surface area (Å²) in [6, 6.07) is 2.98. The van der Waals surface area contributed by atoms with Crippen molar-refractivity contribution >= 4 is 11.8 Å². The van der Waals surface area contributed by atoms with Crippen molar-refractivity contribution in [2.45, 2.75) is 65.5 Å². The number of aryl methyl sites for hydroxylation is 3. The van der Waals surface area contributed by atoms with Crippen LogP contribution in [0.1, 0.15) is 61.3 Å². The number of aromatic nitrogens is 4. The maximum Gasteiger partial charge on any atom is 0.227 e. The molecule has 0 spiro atoms. The minimum atomic E-state index is 0.318. The van der Waals surface area contributed by atoms with E-state index in [1.54, 1.807) is 0 Å². The van der Waals surface area contributed by atoms with Gasteiger partial charge in [0.15, 0.2) is 0 Å². The number of rotatable bonds is 5. The van der Waals surface area contributed by atoms with Crippen LogP contribution >= 0.6 is 0 Å². The molecule has 2 N–H and O–H groups in total. The molecule has 7 nitrogen and oxygen atoms in total. The van der Waals surface area contributed by atoms with Crippen LogP contribution in [0.15, 0.2) is 6.07 Å². The lowest BCUT2D eigenvalue weighted by Gasteiger charge is -2.35. The number of anilines is 2. The zero-order valence-electron chi connectivity index (χ0n) is 17.6. The molecule has 2 aliphatic rings. The minimum Gasteiger partial charge on any atom is -0.356 e. The number of nitrogens with one attached hydrogen (secondary N) is 2. The van der Waals surface area contributed by atoms with Gasteiger partial charge in [-0.05, 0) is 53.4 Å². The van der Waals surface area contributed by atoms with Crippen LogP contribution in [-0.4, -0.2) is 52.4 Å². The van der Waals surface area contributed by atoms with Gasteiger partial charge < -0.3 is 15.1 Å². The zero-order chi connectivity index (χ0) is 19.7. The van der Waals surface area contributed by atoms with Crippen molar-refractivity contribution in [3.05, 3.63) is 28.7 Å². The maximum atomic E-state index is 4.90. The molecule has 0 radical (unpaired) electrons. The predicted octanol–water partition coefficient (Wildman–Crippen LogP) is 3.04. The molecule has 2 saturated heterocycles. The average Bonchev–Trinajstić information content (AvgIpc) is 3.32. The van der Waals surface area contributed by atoms with Crippen LogP contribution in [0.3, 0.4) is 0 Å². The number of aromatic amines is 1. The topological polar surface area (TPSA) is 73.0 Å². The van der Waals surface area contributed by atoms with E-state index in [0.29, 0.717) is 12.1 Å². The summed E-state index contributed by atoms with van der Waals surface area (Å²) in [6.45, 7) is 12.7. The summed E-state index contributed by atoms with van der Waals surface area (Å²) >= 11 is 0. The van der Waals surface area contributed by atoms with E-state index >= 15 is 0 Å². The number of nitrogens with zero attached hydrogens (tertiary/aromatic N) is 5. The molecule has 0 bridgehead atoms. The largest absolute Gasteiger partial charge is 0.356 e. The van der Waals surface area contributed by atoms with Crippen molar-refractivity contribution in [3.8, 4) is 0 Å². The van der Waals surface area contributed by atoms with Crippen LogP contribution < -0.4 is 15.1 Å². The SMILES string of the molecule is Cc1cc(N2CCC(NC(C)c3c(C)n[nH]c3C)CC2)nc(N2CCCC2)n1. The fourth-order valence-electron chi connectivity index (χ4n) is 4.67.